The zero-order valence-corrected chi connectivity index (χ0v) is 10.7. The molecule has 2 aromatic heterocycles. The third-order valence-corrected chi connectivity index (χ3v) is 3.50. The van der Waals surface area contributed by atoms with Crippen LogP contribution >= 0.6 is 27.7 Å². The Bertz CT molecular complexity index is 512. The molecule has 1 saturated heterocycles. The summed E-state index contributed by atoms with van der Waals surface area (Å²) in [4.78, 5) is 2.13. The van der Waals surface area contributed by atoms with E-state index in [4.69, 9.17) is 4.74 Å². The van der Waals surface area contributed by atoms with E-state index in [-0.39, 0.29) is 0 Å². The number of fused-ring (bicyclic) bond motifs is 1. The lowest BCUT2D eigenvalue weighted by atomic mass is 10.3. The second kappa shape index (κ2) is 4.19. The van der Waals surface area contributed by atoms with Gasteiger partial charge in [-0.15, -0.1) is 10.2 Å². The molecule has 2 aromatic rings. The van der Waals surface area contributed by atoms with Crippen molar-refractivity contribution >= 4 is 44.5 Å². The summed E-state index contributed by atoms with van der Waals surface area (Å²) in [5, 5.41) is 8.22. The van der Waals surface area contributed by atoms with Gasteiger partial charge in [-0.1, -0.05) is 0 Å². The van der Waals surface area contributed by atoms with Crippen molar-refractivity contribution in [1.29, 1.82) is 0 Å². The Morgan fingerprint density at radius 2 is 1.88 bits per heavy atom. The Balaban J connectivity index is 2.08. The number of hydrogen-bond acceptors (Lipinski definition) is 7. The molecule has 84 valence electrons. The largest absolute Gasteiger partial charge is 0.378 e. The minimum absolute atomic E-state index is 0.647. The average Bonchev–Trinajstić information content (AvgIpc) is 2.81. The Kier molecular flexibility index (Phi) is 2.70. The third kappa shape index (κ3) is 1.66. The van der Waals surface area contributed by atoms with E-state index in [9.17, 15) is 0 Å². The first-order valence-corrected chi connectivity index (χ1v) is 6.36. The van der Waals surface area contributed by atoms with Crippen LogP contribution in [0.3, 0.4) is 0 Å². The second-order valence-electron chi connectivity index (χ2n) is 3.38. The standard InChI is InChI=1S/C8H8BrN5OS/c9-7-5-6(13-16-12-5)8(11-10-7)14-1-3-15-4-2-14/h1-4H2. The smallest absolute Gasteiger partial charge is 0.180 e. The molecule has 0 bridgehead atoms. The highest BCUT2D eigenvalue weighted by atomic mass is 79.9. The van der Waals surface area contributed by atoms with Gasteiger partial charge in [0.25, 0.3) is 0 Å². The van der Waals surface area contributed by atoms with Gasteiger partial charge in [-0.2, -0.15) is 8.75 Å². The molecule has 0 aliphatic carbocycles. The predicted molar refractivity (Wildman–Crippen MR) is 63.7 cm³/mol. The fourth-order valence-electron chi connectivity index (χ4n) is 1.64. The SMILES string of the molecule is Brc1nnc(N2CCOCC2)c2nsnc12. The molecule has 0 atom stereocenters. The molecule has 0 saturated carbocycles. The van der Waals surface area contributed by atoms with Gasteiger partial charge in [-0.25, -0.2) is 0 Å². The van der Waals surface area contributed by atoms with E-state index >= 15 is 0 Å². The summed E-state index contributed by atoms with van der Waals surface area (Å²) in [7, 11) is 0. The summed E-state index contributed by atoms with van der Waals surface area (Å²) in [6.07, 6.45) is 0. The molecule has 16 heavy (non-hydrogen) atoms. The molecule has 1 aliphatic heterocycles. The summed E-state index contributed by atoms with van der Waals surface area (Å²) >= 11 is 4.50. The lowest BCUT2D eigenvalue weighted by molar-refractivity contribution is 0.122. The van der Waals surface area contributed by atoms with Gasteiger partial charge in [-0.05, 0) is 15.9 Å². The maximum absolute atomic E-state index is 5.31. The molecule has 3 heterocycles. The molecule has 6 nitrogen and oxygen atoms in total. The number of hydrogen-bond donors (Lipinski definition) is 0. The normalized spacial score (nSPS) is 16.9. The van der Waals surface area contributed by atoms with E-state index in [1.807, 2.05) is 0 Å². The Hall–Kier alpha value is -0.860. The van der Waals surface area contributed by atoms with Crippen molar-refractivity contribution in [3.8, 4) is 0 Å². The van der Waals surface area contributed by atoms with Crippen molar-refractivity contribution in [2.75, 3.05) is 31.2 Å². The highest BCUT2D eigenvalue weighted by Gasteiger charge is 2.19. The quantitative estimate of drug-likeness (QED) is 0.785. The number of halogens is 1. The molecule has 0 amide bonds. The summed E-state index contributed by atoms with van der Waals surface area (Å²) < 4.78 is 14.4. The van der Waals surface area contributed by atoms with Gasteiger partial charge in [-0.3, -0.25) is 0 Å². The molecule has 0 aromatic carbocycles. The summed E-state index contributed by atoms with van der Waals surface area (Å²) in [6.45, 7) is 3.08. The van der Waals surface area contributed by atoms with Gasteiger partial charge in [0, 0.05) is 13.1 Å². The molecule has 3 rings (SSSR count). The van der Waals surface area contributed by atoms with Crippen LogP contribution < -0.4 is 4.90 Å². The van der Waals surface area contributed by atoms with Crippen LogP contribution in [0.5, 0.6) is 0 Å². The molecular formula is C8H8BrN5OS. The lowest BCUT2D eigenvalue weighted by Crippen LogP contribution is -2.37. The number of nitrogens with zero attached hydrogens (tertiary/aromatic N) is 5. The maximum Gasteiger partial charge on any atom is 0.180 e. The molecule has 1 fully saturated rings. The van der Waals surface area contributed by atoms with Crippen molar-refractivity contribution < 1.29 is 4.74 Å². The minimum atomic E-state index is 0.647. The van der Waals surface area contributed by atoms with Crippen molar-refractivity contribution in [2.24, 2.45) is 0 Å². The van der Waals surface area contributed by atoms with Crippen LogP contribution in [0.15, 0.2) is 4.60 Å². The maximum atomic E-state index is 5.31. The first-order valence-electron chi connectivity index (χ1n) is 4.83. The van der Waals surface area contributed by atoms with Crippen LogP contribution in [-0.4, -0.2) is 45.2 Å². The first kappa shape index (κ1) is 10.3. The van der Waals surface area contributed by atoms with Gasteiger partial charge < -0.3 is 9.64 Å². The number of ether oxygens (including phenoxy) is 1. The van der Waals surface area contributed by atoms with Crippen LogP contribution in [0.25, 0.3) is 11.0 Å². The van der Waals surface area contributed by atoms with E-state index in [0.29, 0.717) is 4.60 Å². The summed E-state index contributed by atoms with van der Waals surface area (Å²) in [5.41, 5.74) is 1.59. The van der Waals surface area contributed by atoms with Crippen LogP contribution in [0.1, 0.15) is 0 Å². The minimum Gasteiger partial charge on any atom is -0.378 e. The molecule has 8 heteroatoms. The van der Waals surface area contributed by atoms with Crippen LogP contribution in [0.2, 0.25) is 0 Å². The van der Waals surface area contributed by atoms with Crippen molar-refractivity contribution in [3.63, 3.8) is 0 Å². The van der Waals surface area contributed by atoms with Crippen molar-refractivity contribution in [1.82, 2.24) is 18.9 Å². The summed E-state index contributed by atoms with van der Waals surface area (Å²) in [6, 6.07) is 0. The lowest BCUT2D eigenvalue weighted by Gasteiger charge is -2.27. The Morgan fingerprint density at radius 1 is 1.12 bits per heavy atom. The van der Waals surface area contributed by atoms with Crippen LogP contribution in [-0.2, 0) is 4.74 Å². The molecule has 0 N–H and O–H groups in total. The van der Waals surface area contributed by atoms with E-state index in [1.165, 1.54) is 11.7 Å². The first-order chi connectivity index (χ1) is 7.86. The topological polar surface area (TPSA) is 64.0 Å². The molecular weight excluding hydrogens is 294 g/mol. The highest BCUT2D eigenvalue weighted by Crippen LogP contribution is 2.26. The average molecular weight is 302 g/mol. The number of aromatic nitrogens is 4. The highest BCUT2D eigenvalue weighted by molar-refractivity contribution is 9.10. The van der Waals surface area contributed by atoms with Gasteiger partial charge >= 0.3 is 0 Å². The van der Waals surface area contributed by atoms with E-state index < -0.39 is 0 Å². The van der Waals surface area contributed by atoms with Crippen molar-refractivity contribution in [3.05, 3.63) is 4.60 Å². The number of morpholine rings is 1. The van der Waals surface area contributed by atoms with Crippen LogP contribution in [0.4, 0.5) is 5.82 Å². The van der Waals surface area contributed by atoms with Crippen molar-refractivity contribution in [2.45, 2.75) is 0 Å². The fraction of sp³-hybridized carbons (Fsp3) is 0.500. The zero-order valence-electron chi connectivity index (χ0n) is 8.26. The number of rotatable bonds is 1. The molecule has 0 radical (unpaired) electrons. The van der Waals surface area contributed by atoms with E-state index in [0.717, 1.165) is 43.2 Å². The van der Waals surface area contributed by atoms with Gasteiger partial charge in [0.1, 0.15) is 5.52 Å². The van der Waals surface area contributed by atoms with Gasteiger partial charge in [0.05, 0.1) is 24.9 Å². The van der Waals surface area contributed by atoms with E-state index in [1.54, 1.807) is 0 Å². The van der Waals surface area contributed by atoms with Gasteiger partial charge in [0.15, 0.2) is 15.9 Å². The molecule has 0 spiro atoms. The number of anilines is 1. The van der Waals surface area contributed by atoms with Gasteiger partial charge in [0.2, 0.25) is 0 Å². The predicted octanol–water partition coefficient (Wildman–Crippen LogP) is 1.08. The fourth-order valence-corrected chi connectivity index (χ4v) is 2.66. The zero-order chi connectivity index (χ0) is 11.0. The Morgan fingerprint density at radius 3 is 2.69 bits per heavy atom. The van der Waals surface area contributed by atoms with E-state index in [2.05, 4.69) is 39.8 Å². The molecule has 1 aliphatic rings. The summed E-state index contributed by atoms with van der Waals surface area (Å²) in [5.74, 6) is 0.801. The second-order valence-corrected chi connectivity index (χ2v) is 4.65. The Labute approximate surface area is 104 Å². The third-order valence-electron chi connectivity index (χ3n) is 2.44. The van der Waals surface area contributed by atoms with Crippen LogP contribution in [0, 0.1) is 0 Å². The monoisotopic (exact) mass is 301 g/mol. The molecule has 0 unspecified atom stereocenters.